The molecule has 0 bridgehead atoms. The zero-order valence-corrected chi connectivity index (χ0v) is 13.8. The second-order valence-electron chi connectivity index (χ2n) is 5.22. The minimum atomic E-state index is -3.43. The first-order chi connectivity index (χ1) is 9.37. The summed E-state index contributed by atoms with van der Waals surface area (Å²) in [5.41, 5.74) is 7.60. The van der Waals surface area contributed by atoms with E-state index < -0.39 is 10.0 Å². The van der Waals surface area contributed by atoms with Crippen molar-refractivity contribution in [2.24, 2.45) is 5.73 Å². The molecule has 2 N–H and O–H groups in total. The highest BCUT2D eigenvalue weighted by Gasteiger charge is 2.34. The van der Waals surface area contributed by atoms with Crippen LogP contribution >= 0.6 is 11.8 Å². The first-order valence-electron chi connectivity index (χ1n) is 6.81. The Morgan fingerprint density at radius 1 is 1.40 bits per heavy atom. The van der Waals surface area contributed by atoms with Gasteiger partial charge in [-0.3, -0.25) is 0 Å². The van der Waals surface area contributed by atoms with Crippen molar-refractivity contribution < 1.29 is 8.42 Å². The Labute approximate surface area is 125 Å². The number of hydrogen-bond acceptors (Lipinski definition) is 4. The monoisotopic (exact) mass is 314 g/mol. The molecule has 1 aromatic carbocycles. The molecule has 0 amide bonds. The van der Waals surface area contributed by atoms with Gasteiger partial charge in [0.15, 0.2) is 0 Å². The van der Waals surface area contributed by atoms with Crippen molar-refractivity contribution >= 4 is 21.8 Å². The minimum absolute atomic E-state index is 0.0152. The van der Waals surface area contributed by atoms with E-state index in [1.165, 1.54) is 0 Å². The van der Waals surface area contributed by atoms with Gasteiger partial charge in [-0.1, -0.05) is 13.0 Å². The fourth-order valence-corrected chi connectivity index (χ4v) is 5.45. The number of rotatable bonds is 3. The third kappa shape index (κ3) is 2.88. The summed E-state index contributed by atoms with van der Waals surface area (Å²) in [5, 5.41) is 0.318. The highest BCUT2D eigenvalue weighted by atomic mass is 32.2. The minimum Gasteiger partial charge on any atom is -0.326 e. The number of nitrogens with zero attached hydrogens (tertiary/aromatic N) is 1. The SMILES string of the molecule is Cc1ccc(S(=O)(=O)N2CCSC(C)C2C)cc1CN. The van der Waals surface area contributed by atoms with E-state index in [4.69, 9.17) is 5.73 Å². The summed E-state index contributed by atoms with van der Waals surface area (Å²) in [6.45, 7) is 6.94. The predicted molar refractivity (Wildman–Crippen MR) is 84.3 cm³/mol. The van der Waals surface area contributed by atoms with Gasteiger partial charge in [0, 0.05) is 30.1 Å². The van der Waals surface area contributed by atoms with Crippen LogP contribution in [0.15, 0.2) is 23.1 Å². The number of nitrogens with two attached hydrogens (primary N) is 1. The molecular weight excluding hydrogens is 292 g/mol. The molecule has 2 rings (SSSR count). The van der Waals surface area contributed by atoms with E-state index in [1.54, 1.807) is 16.4 Å². The molecule has 6 heteroatoms. The molecule has 0 radical (unpaired) electrons. The van der Waals surface area contributed by atoms with Crippen LogP contribution in [-0.4, -0.2) is 36.3 Å². The largest absolute Gasteiger partial charge is 0.326 e. The van der Waals surface area contributed by atoms with Gasteiger partial charge < -0.3 is 5.73 Å². The van der Waals surface area contributed by atoms with Crippen molar-refractivity contribution in [1.29, 1.82) is 0 Å². The van der Waals surface area contributed by atoms with E-state index in [2.05, 4.69) is 6.92 Å². The molecule has 20 heavy (non-hydrogen) atoms. The summed E-state index contributed by atoms with van der Waals surface area (Å²) in [4.78, 5) is 0.356. The predicted octanol–water partition coefficient (Wildman–Crippen LogP) is 1.97. The van der Waals surface area contributed by atoms with Gasteiger partial charge in [0.25, 0.3) is 0 Å². The van der Waals surface area contributed by atoms with Crippen LogP contribution in [0.5, 0.6) is 0 Å². The Hall–Kier alpha value is -0.560. The summed E-state index contributed by atoms with van der Waals surface area (Å²) < 4.78 is 27.2. The highest BCUT2D eigenvalue weighted by molar-refractivity contribution is 8.00. The molecule has 1 fully saturated rings. The number of thioether (sulfide) groups is 1. The Morgan fingerprint density at radius 3 is 2.75 bits per heavy atom. The van der Waals surface area contributed by atoms with Gasteiger partial charge in [0.1, 0.15) is 0 Å². The summed E-state index contributed by atoms with van der Waals surface area (Å²) >= 11 is 1.83. The van der Waals surface area contributed by atoms with Gasteiger partial charge >= 0.3 is 0 Å². The fraction of sp³-hybridized carbons (Fsp3) is 0.571. The molecule has 112 valence electrons. The van der Waals surface area contributed by atoms with Crippen molar-refractivity contribution in [3.05, 3.63) is 29.3 Å². The van der Waals surface area contributed by atoms with Crippen molar-refractivity contribution in [1.82, 2.24) is 4.31 Å². The van der Waals surface area contributed by atoms with Crippen LogP contribution in [0.1, 0.15) is 25.0 Å². The lowest BCUT2D eigenvalue weighted by Gasteiger charge is -2.36. The van der Waals surface area contributed by atoms with Gasteiger partial charge in [0.2, 0.25) is 10.0 Å². The molecule has 4 nitrogen and oxygen atoms in total. The van der Waals surface area contributed by atoms with Gasteiger partial charge in [-0.05, 0) is 37.1 Å². The molecule has 1 saturated heterocycles. The lowest BCUT2D eigenvalue weighted by molar-refractivity contribution is 0.340. The lowest BCUT2D eigenvalue weighted by atomic mass is 10.1. The van der Waals surface area contributed by atoms with E-state index in [9.17, 15) is 8.42 Å². The maximum absolute atomic E-state index is 12.8. The average molecular weight is 314 g/mol. The molecule has 2 unspecified atom stereocenters. The molecule has 0 aliphatic carbocycles. The summed E-state index contributed by atoms with van der Waals surface area (Å²) in [5.74, 6) is 0.848. The van der Waals surface area contributed by atoms with E-state index in [-0.39, 0.29) is 6.04 Å². The van der Waals surface area contributed by atoms with Crippen LogP contribution in [-0.2, 0) is 16.6 Å². The Balaban J connectivity index is 2.39. The second kappa shape index (κ2) is 6.05. The van der Waals surface area contributed by atoms with Crippen molar-refractivity contribution in [2.75, 3.05) is 12.3 Å². The molecule has 0 saturated carbocycles. The zero-order chi connectivity index (χ0) is 14.9. The van der Waals surface area contributed by atoms with E-state index in [0.29, 0.717) is 23.2 Å². The number of benzene rings is 1. The molecule has 1 aliphatic rings. The Kier molecular flexibility index (Phi) is 4.79. The smallest absolute Gasteiger partial charge is 0.243 e. The zero-order valence-electron chi connectivity index (χ0n) is 12.2. The fourth-order valence-electron chi connectivity index (χ4n) is 2.41. The summed E-state index contributed by atoms with van der Waals surface area (Å²) in [6, 6.07) is 5.25. The maximum atomic E-state index is 12.8. The van der Waals surface area contributed by atoms with Crippen LogP contribution in [0, 0.1) is 6.92 Å². The van der Waals surface area contributed by atoms with Gasteiger partial charge in [0.05, 0.1) is 4.90 Å². The van der Waals surface area contributed by atoms with E-state index in [0.717, 1.165) is 16.9 Å². The van der Waals surface area contributed by atoms with Crippen LogP contribution < -0.4 is 5.73 Å². The Bertz CT molecular complexity index is 587. The molecular formula is C14H22N2O2S2. The number of aryl methyl sites for hydroxylation is 1. The summed E-state index contributed by atoms with van der Waals surface area (Å²) in [7, 11) is -3.43. The average Bonchev–Trinajstić information content (AvgIpc) is 2.42. The van der Waals surface area contributed by atoms with Gasteiger partial charge in [-0.2, -0.15) is 16.1 Å². The molecule has 1 aromatic rings. The standard InChI is InChI=1S/C14H22N2O2S2/c1-10-4-5-14(8-13(10)9-15)20(17,18)16-6-7-19-12(3)11(16)2/h4-5,8,11-12H,6-7,9,15H2,1-3H3. The number of sulfonamides is 1. The van der Waals surface area contributed by atoms with Crippen molar-refractivity contribution in [3.63, 3.8) is 0 Å². The highest BCUT2D eigenvalue weighted by Crippen LogP contribution is 2.29. The quantitative estimate of drug-likeness (QED) is 0.926. The molecule has 0 spiro atoms. The van der Waals surface area contributed by atoms with Crippen LogP contribution in [0.25, 0.3) is 0 Å². The topological polar surface area (TPSA) is 63.4 Å². The van der Waals surface area contributed by atoms with Crippen LogP contribution in [0.3, 0.4) is 0 Å². The molecule has 0 aromatic heterocycles. The molecule has 1 aliphatic heterocycles. The van der Waals surface area contributed by atoms with Crippen LogP contribution in [0.4, 0.5) is 0 Å². The first-order valence-corrected chi connectivity index (χ1v) is 9.30. The summed E-state index contributed by atoms with van der Waals surface area (Å²) in [6.07, 6.45) is 0. The van der Waals surface area contributed by atoms with Gasteiger partial charge in [-0.15, -0.1) is 0 Å². The third-order valence-corrected chi connectivity index (χ3v) is 7.29. The van der Waals surface area contributed by atoms with Crippen molar-refractivity contribution in [2.45, 2.75) is 43.5 Å². The molecule has 1 heterocycles. The van der Waals surface area contributed by atoms with Crippen molar-refractivity contribution in [3.8, 4) is 0 Å². The third-order valence-electron chi connectivity index (χ3n) is 3.97. The second-order valence-corrected chi connectivity index (χ2v) is 8.60. The Morgan fingerprint density at radius 2 is 2.10 bits per heavy atom. The molecule has 2 atom stereocenters. The maximum Gasteiger partial charge on any atom is 0.243 e. The normalized spacial score (nSPS) is 24.8. The number of hydrogen-bond donors (Lipinski definition) is 1. The van der Waals surface area contributed by atoms with E-state index in [1.807, 2.05) is 31.7 Å². The lowest BCUT2D eigenvalue weighted by Crippen LogP contribution is -2.47. The van der Waals surface area contributed by atoms with E-state index >= 15 is 0 Å². The van der Waals surface area contributed by atoms with Crippen LogP contribution in [0.2, 0.25) is 0 Å². The first kappa shape index (κ1) is 15.8. The van der Waals surface area contributed by atoms with Gasteiger partial charge in [-0.25, -0.2) is 8.42 Å².